The lowest BCUT2D eigenvalue weighted by molar-refractivity contribution is 0.0951. The summed E-state index contributed by atoms with van der Waals surface area (Å²) in [4.78, 5) is 20.4. The van der Waals surface area contributed by atoms with Gasteiger partial charge in [-0.3, -0.25) is 14.8 Å². The first-order valence-electron chi connectivity index (χ1n) is 6.36. The molecule has 3 aromatic rings. The van der Waals surface area contributed by atoms with Crippen molar-refractivity contribution in [2.45, 2.75) is 6.54 Å². The maximum atomic E-state index is 11.9. The van der Waals surface area contributed by atoms with Crippen LogP contribution in [0.2, 0.25) is 0 Å². The maximum Gasteiger partial charge on any atom is 0.251 e. The average molecular weight is 263 g/mol. The molecule has 1 aromatic heterocycles. The third kappa shape index (κ3) is 2.64. The van der Waals surface area contributed by atoms with Gasteiger partial charge in [0.05, 0.1) is 11.0 Å². The van der Waals surface area contributed by atoms with E-state index < -0.39 is 0 Å². The highest BCUT2D eigenvalue weighted by Crippen LogP contribution is 2.10. The fourth-order valence-electron chi connectivity index (χ4n) is 1.99. The molecule has 0 fully saturated rings. The second-order valence-electron chi connectivity index (χ2n) is 4.43. The Morgan fingerprint density at radius 1 is 0.950 bits per heavy atom. The first kappa shape index (κ1) is 12.3. The van der Waals surface area contributed by atoms with Crippen LogP contribution in [0.25, 0.3) is 11.0 Å². The normalized spacial score (nSPS) is 10.4. The molecular formula is C16H13N3O. The predicted octanol–water partition coefficient (Wildman–Crippen LogP) is 2.56. The van der Waals surface area contributed by atoms with Crippen LogP contribution in [0, 0.1) is 0 Å². The standard InChI is InChI=1S/C16H13N3O/c20-16(13-4-2-1-3-5-13)19-11-12-6-7-14-15(10-12)18-9-8-17-14/h1-10H,11H2,(H,19,20). The molecule has 98 valence electrons. The Balaban J connectivity index is 1.72. The summed E-state index contributed by atoms with van der Waals surface area (Å²) < 4.78 is 0. The van der Waals surface area contributed by atoms with Crippen LogP contribution in [0.15, 0.2) is 60.9 Å². The molecule has 0 spiro atoms. The van der Waals surface area contributed by atoms with Crippen molar-refractivity contribution in [3.8, 4) is 0 Å². The predicted molar refractivity (Wildman–Crippen MR) is 77.2 cm³/mol. The van der Waals surface area contributed by atoms with Crippen LogP contribution in [-0.4, -0.2) is 15.9 Å². The molecule has 1 amide bonds. The number of nitrogens with one attached hydrogen (secondary N) is 1. The van der Waals surface area contributed by atoms with E-state index in [1.54, 1.807) is 24.5 Å². The third-order valence-electron chi connectivity index (χ3n) is 3.02. The largest absolute Gasteiger partial charge is 0.348 e. The lowest BCUT2D eigenvalue weighted by atomic mass is 10.1. The van der Waals surface area contributed by atoms with Crippen molar-refractivity contribution >= 4 is 16.9 Å². The van der Waals surface area contributed by atoms with Gasteiger partial charge >= 0.3 is 0 Å². The molecule has 0 aliphatic carbocycles. The molecule has 2 aromatic carbocycles. The van der Waals surface area contributed by atoms with Crippen LogP contribution in [0.1, 0.15) is 15.9 Å². The molecule has 0 aliphatic heterocycles. The second-order valence-corrected chi connectivity index (χ2v) is 4.43. The fourth-order valence-corrected chi connectivity index (χ4v) is 1.99. The molecule has 0 aliphatic rings. The van der Waals surface area contributed by atoms with E-state index in [2.05, 4.69) is 15.3 Å². The van der Waals surface area contributed by atoms with Crippen LogP contribution in [0.4, 0.5) is 0 Å². The average Bonchev–Trinajstić information content (AvgIpc) is 2.53. The maximum absolute atomic E-state index is 11.9. The van der Waals surface area contributed by atoms with Crippen molar-refractivity contribution in [1.29, 1.82) is 0 Å². The van der Waals surface area contributed by atoms with Gasteiger partial charge in [0, 0.05) is 24.5 Å². The van der Waals surface area contributed by atoms with E-state index in [1.807, 2.05) is 36.4 Å². The Kier molecular flexibility index (Phi) is 3.37. The van der Waals surface area contributed by atoms with Crippen molar-refractivity contribution in [3.05, 3.63) is 72.1 Å². The van der Waals surface area contributed by atoms with Crippen molar-refractivity contribution in [2.24, 2.45) is 0 Å². The molecule has 3 rings (SSSR count). The molecule has 0 radical (unpaired) electrons. The minimum Gasteiger partial charge on any atom is -0.348 e. The van der Waals surface area contributed by atoms with Crippen molar-refractivity contribution in [2.75, 3.05) is 0 Å². The van der Waals surface area contributed by atoms with Gasteiger partial charge in [-0.1, -0.05) is 24.3 Å². The lowest BCUT2D eigenvalue weighted by Gasteiger charge is -2.06. The zero-order valence-electron chi connectivity index (χ0n) is 10.8. The zero-order chi connectivity index (χ0) is 13.8. The van der Waals surface area contributed by atoms with Gasteiger partial charge in [-0.2, -0.15) is 0 Å². The molecule has 4 nitrogen and oxygen atoms in total. The molecule has 4 heteroatoms. The summed E-state index contributed by atoms with van der Waals surface area (Å²) in [6.07, 6.45) is 3.33. The van der Waals surface area contributed by atoms with Crippen molar-refractivity contribution in [3.63, 3.8) is 0 Å². The SMILES string of the molecule is O=C(NCc1ccc2nccnc2c1)c1ccccc1. The van der Waals surface area contributed by atoms with E-state index in [4.69, 9.17) is 0 Å². The number of fused-ring (bicyclic) bond motifs is 1. The highest BCUT2D eigenvalue weighted by atomic mass is 16.1. The lowest BCUT2D eigenvalue weighted by Crippen LogP contribution is -2.22. The Hall–Kier alpha value is -2.75. The smallest absolute Gasteiger partial charge is 0.251 e. The van der Waals surface area contributed by atoms with E-state index in [0.717, 1.165) is 16.6 Å². The van der Waals surface area contributed by atoms with Crippen LogP contribution >= 0.6 is 0 Å². The monoisotopic (exact) mass is 263 g/mol. The number of hydrogen-bond acceptors (Lipinski definition) is 3. The highest BCUT2D eigenvalue weighted by molar-refractivity contribution is 5.94. The Morgan fingerprint density at radius 3 is 2.50 bits per heavy atom. The minimum absolute atomic E-state index is 0.0788. The number of carbonyl (C=O) groups excluding carboxylic acids is 1. The summed E-state index contributed by atoms with van der Waals surface area (Å²) in [6.45, 7) is 0.472. The fraction of sp³-hybridized carbons (Fsp3) is 0.0625. The summed E-state index contributed by atoms with van der Waals surface area (Å²) in [6, 6.07) is 15.0. The Bertz CT molecular complexity index is 741. The first-order valence-corrected chi connectivity index (χ1v) is 6.36. The topological polar surface area (TPSA) is 54.9 Å². The molecule has 0 bridgehead atoms. The van der Waals surface area contributed by atoms with Crippen LogP contribution in [0.5, 0.6) is 0 Å². The van der Waals surface area contributed by atoms with Gasteiger partial charge < -0.3 is 5.32 Å². The first-order chi connectivity index (χ1) is 9.83. The van der Waals surface area contributed by atoms with Crippen molar-refractivity contribution in [1.82, 2.24) is 15.3 Å². The summed E-state index contributed by atoms with van der Waals surface area (Å²) in [5, 5.41) is 2.89. The number of benzene rings is 2. The van der Waals surface area contributed by atoms with Gasteiger partial charge in [0.25, 0.3) is 5.91 Å². The van der Waals surface area contributed by atoms with Crippen LogP contribution in [0.3, 0.4) is 0 Å². The number of rotatable bonds is 3. The molecule has 1 N–H and O–H groups in total. The van der Waals surface area contributed by atoms with Crippen LogP contribution < -0.4 is 5.32 Å². The summed E-state index contributed by atoms with van der Waals surface area (Å²) in [5.41, 5.74) is 3.35. The zero-order valence-corrected chi connectivity index (χ0v) is 10.8. The third-order valence-corrected chi connectivity index (χ3v) is 3.02. The van der Waals surface area contributed by atoms with E-state index in [1.165, 1.54) is 0 Å². The van der Waals surface area contributed by atoms with Gasteiger partial charge in [0.2, 0.25) is 0 Å². The van der Waals surface area contributed by atoms with Crippen LogP contribution in [-0.2, 0) is 6.54 Å². The molecular weight excluding hydrogens is 250 g/mol. The number of hydrogen-bond donors (Lipinski definition) is 1. The Morgan fingerprint density at radius 2 is 1.70 bits per heavy atom. The van der Waals surface area contributed by atoms with Gasteiger partial charge in [0.15, 0.2) is 0 Å². The highest BCUT2D eigenvalue weighted by Gasteiger charge is 2.04. The van der Waals surface area contributed by atoms with Gasteiger partial charge in [0.1, 0.15) is 0 Å². The molecule has 20 heavy (non-hydrogen) atoms. The Labute approximate surface area is 116 Å². The van der Waals surface area contributed by atoms with Gasteiger partial charge in [-0.05, 0) is 29.8 Å². The van der Waals surface area contributed by atoms with E-state index >= 15 is 0 Å². The van der Waals surface area contributed by atoms with Crippen molar-refractivity contribution < 1.29 is 4.79 Å². The van der Waals surface area contributed by atoms with E-state index in [9.17, 15) is 4.79 Å². The number of carbonyl (C=O) groups is 1. The van der Waals surface area contributed by atoms with E-state index in [-0.39, 0.29) is 5.91 Å². The minimum atomic E-state index is -0.0788. The van der Waals surface area contributed by atoms with E-state index in [0.29, 0.717) is 12.1 Å². The van der Waals surface area contributed by atoms with Gasteiger partial charge in [-0.15, -0.1) is 0 Å². The number of amides is 1. The number of nitrogens with zero attached hydrogens (tertiary/aromatic N) is 2. The number of aromatic nitrogens is 2. The molecule has 1 heterocycles. The summed E-state index contributed by atoms with van der Waals surface area (Å²) >= 11 is 0. The second kappa shape index (κ2) is 5.48. The molecule has 0 saturated carbocycles. The molecule has 0 atom stereocenters. The molecule has 0 saturated heterocycles. The summed E-state index contributed by atoms with van der Waals surface area (Å²) in [7, 11) is 0. The molecule has 0 unspecified atom stereocenters. The van der Waals surface area contributed by atoms with Gasteiger partial charge in [-0.25, -0.2) is 0 Å². The quantitative estimate of drug-likeness (QED) is 0.790. The summed E-state index contributed by atoms with van der Waals surface area (Å²) in [5.74, 6) is -0.0788.